The first-order valence-corrected chi connectivity index (χ1v) is 8.67. The minimum atomic E-state index is 0.693. The maximum atomic E-state index is 3.49. The maximum Gasteiger partial charge on any atom is 0.0488 e. The van der Waals surface area contributed by atoms with E-state index >= 15 is 0 Å². The second-order valence-electron chi connectivity index (χ2n) is 6.61. The van der Waals surface area contributed by atoms with E-state index < -0.39 is 0 Å². The van der Waals surface area contributed by atoms with Crippen LogP contribution in [-0.2, 0) is 6.54 Å². The Labute approximate surface area is 138 Å². The lowest BCUT2D eigenvalue weighted by Gasteiger charge is -2.23. The number of para-hydroxylation sites is 1. The summed E-state index contributed by atoms with van der Waals surface area (Å²) in [7, 11) is 0. The molecule has 0 bridgehead atoms. The first kappa shape index (κ1) is 14.5. The monoisotopic (exact) mass is 304 g/mol. The van der Waals surface area contributed by atoms with Gasteiger partial charge >= 0.3 is 0 Å². The molecule has 2 heteroatoms. The molecule has 0 atom stereocenters. The fourth-order valence-corrected chi connectivity index (χ4v) is 4.05. The Morgan fingerprint density at radius 1 is 0.957 bits per heavy atom. The Morgan fingerprint density at radius 3 is 2.43 bits per heavy atom. The van der Waals surface area contributed by atoms with E-state index in [1.165, 1.54) is 35.0 Å². The predicted octanol–water partition coefficient (Wildman–Crippen LogP) is 4.47. The first-order valence-electron chi connectivity index (χ1n) is 8.67. The summed E-state index contributed by atoms with van der Waals surface area (Å²) < 4.78 is 2.50. The van der Waals surface area contributed by atoms with Crippen molar-refractivity contribution in [3.05, 3.63) is 71.4 Å². The number of benzene rings is 2. The van der Waals surface area contributed by atoms with Gasteiger partial charge in [0.2, 0.25) is 0 Å². The van der Waals surface area contributed by atoms with E-state index in [1.54, 1.807) is 5.56 Å². The number of hydrogen-bond acceptors (Lipinski definition) is 1. The third-order valence-corrected chi connectivity index (χ3v) is 5.21. The van der Waals surface area contributed by atoms with E-state index in [9.17, 15) is 0 Å². The van der Waals surface area contributed by atoms with Crippen LogP contribution in [0.15, 0.2) is 54.6 Å². The molecule has 0 aliphatic carbocycles. The molecule has 2 aromatic carbocycles. The summed E-state index contributed by atoms with van der Waals surface area (Å²) in [4.78, 5) is 0. The van der Waals surface area contributed by atoms with Crippen molar-refractivity contribution < 1.29 is 0 Å². The molecule has 1 aliphatic heterocycles. The molecule has 0 unspecified atom stereocenters. The third kappa shape index (κ3) is 2.68. The van der Waals surface area contributed by atoms with Crippen molar-refractivity contribution in [2.45, 2.75) is 32.2 Å². The van der Waals surface area contributed by atoms with Crippen molar-refractivity contribution in [3.63, 3.8) is 0 Å². The van der Waals surface area contributed by atoms with Crippen molar-refractivity contribution in [1.82, 2.24) is 9.88 Å². The maximum absolute atomic E-state index is 3.49. The van der Waals surface area contributed by atoms with Crippen LogP contribution in [0.1, 0.15) is 35.6 Å². The lowest BCUT2D eigenvalue weighted by molar-refractivity contribution is 0.460. The molecular formula is C21H24N2. The number of nitrogens with zero attached hydrogens (tertiary/aromatic N) is 1. The average molecular weight is 304 g/mol. The lowest BCUT2D eigenvalue weighted by Crippen LogP contribution is -2.26. The summed E-state index contributed by atoms with van der Waals surface area (Å²) in [5.74, 6) is 0.693. The number of fused-ring (bicyclic) bond motifs is 1. The Morgan fingerprint density at radius 2 is 1.65 bits per heavy atom. The summed E-state index contributed by atoms with van der Waals surface area (Å²) in [6.45, 7) is 5.54. The topological polar surface area (TPSA) is 17.0 Å². The number of hydrogen-bond donors (Lipinski definition) is 1. The Hall–Kier alpha value is -2.06. The van der Waals surface area contributed by atoms with Crippen LogP contribution in [-0.4, -0.2) is 17.7 Å². The van der Waals surface area contributed by atoms with Crippen LogP contribution in [0, 0.1) is 6.92 Å². The number of nitrogens with one attached hydrogen (secondary N) is 1. The minimum Gasteiger partial charge on any atom is -0.340 e. The molecule has 2 heterocycles. The van der Waals surface area contributed by atoms with Gasteiger partial charge in [0, 0.05) is 23.1 Å². The molecule has 3 aromatic rings. The summed E-state index contributed by atoms with van der Waals surface area (Å²) in [6.07, 6.45) is 2.50. The van der Waals surface area contributed by atoms with Gasteiger partial charge in [0.1, 0.15) is 0 Å². The molecule has 1 aliphatic rings. The van der Waals surface area contributed by atoms with Gasteiger partial charge in [-0.1, -0.05) is 48.5 Å². The van der Waals surface area contributed by atoms with Gasteiger partial charge < -0.3 is 9.88 Å². The van der Waals surface area contributed by atoms with Crippen molar-refractivity contribution in [2.75, 3.05) is 13.1 Å². The normalized spacial score (nSPS) is 16.0. The average Bonchev–Trinajstić information content (AvgIpc) is 2.89. The molecule has 118 valence electrons. The van der Waals surface area contributed by atoms with Crippen LogP contribution in [0.4, 0.5) is 0 Å². The van der Waals surface area contributed by atoms with Gasteiger partial charge in [-0.05, 0) is 56.0 Å². The molecule has 1 aromatic heterocycles. The zero-order valence-electron chi connectivity index (χ0n) is 13.8. The predicted molar refractivity (Wildman–Crippen MR) is 97.1 cm³/mol. The van der Waals surface area contributed by atoms with Gasteiger partial charge in [-0.2, -0.15) is 0 Å². The molecule has 2 nitrogen and oxygen atoms in total. The summed E-state index contributed by atoms with van der Waals surface area (Å²) >= 11 is 0. The smallest absolute Gasteiger partial charge is 0.0488 e. The Balaban J connectivity index is 1.82. The van der Waals surface area contributed by atoms with Crippen LogP contribution in [0.25, 0.3) is 10.9 Å². The standard InChI is InChI=1S/C21H24N2/c1-16-21(18-11-13-22-14-12-18)19-9-5-6-10-20(19)23(16)15-17-7-3-2-4-8-17/h2-10,18,22H,11-15H2,1H3. The van der Waals surface area contributed by atoms with Crippen LogP contribution < -0.4 is 5.32 Å². The van der Waals surface area contributed by atoms with Gasteiger partial charge in [0.05, 0.1) is 0 Å². The fourth-order valence-electron chi connectivity index (χ4n) is 4.05. The van der Waals surface area contributed by atoms with Crippen LogP contribution >= 0.6 is 0 Å². The SMILES string of the molecule is Cc1c(C2CCNCC2)c2ccccc2n1Cc1ccccc1. The van der Waals surface area contributed by atoms with Crippen LogP contribution in [0.2, 0.25) is 0 Å². The van der Waals surface area contributed by atoms with Crippen LogP contribution in [0.5, 0.6) is 0 Å². The molecule has 1 saturated heterocycles. The highest BCUT2D eigenvalue weighted by atomic mass is 15.0. The molecule has 0 radical (unpaired) electrons. The fraction of sp³-hybridized carbons (Fsp3) is 0.333. The van der Waals surface area contributed by atoms with Gasteiger partial charge in [-0.15, -0.1) is 0 Å². The number of rotatable bonds is 3. The Kier molecular flexibility index (Phi) is 3.92. The van der Waals surface area contributed by atoms with E-state index in [1.807, 2.05) is 0 Å². The highest BCUT2D eigenvalue weighted by Gasteiger charge is 2.23. The van der Waals surface area contributed by atoms with E-state index in [-0.39, 0.29) is 0 Å². The summed E-state index contributed by atoms with van der Waals surface area (Å²) in [6, 6.07) is 19.7. The lowest BCUT2D eigenvalue weighted by atomic mass is 9.88. The van der Waals surface area contributed by atoms with Gasteiger partial charge in [-0.25, -0.2) is 0 Å². The highest BCUT2D eigenvalue weighted by Crippen LogP contribution is 2.36. The molecule has 1 N–H and O–H groups in total. The van der Waals surface area contributed by atoms with Crippen molar-refractivity contribution >= 4 is 10.9 Å². The van der Waals surface area contributed by atoms with E-state index in [0.29, 0.717) is 5.92 Å². The minimum absolute atomic E-state index is 0.693. The molecule has 0 amide bonds. The first-order chi connectivity index (χ1) is 11.3. The zero-order chi connectivity index (χ0) is 15.6. The largest absolute Gasteiger partial charge is 0.340 e. The van der Waals surface area contributed by atoms with Gasteiger partial charge in [0.25, 0.3) is 0 Å². The zero-order valence-corrected chi connectivity index (χ0v) is 13.8. The number of piperidine rings is 1. The number of aromatic nitrogens is 1. The van der Waals surface area contributed by atoms with E-state index in [2.05, 4.69) is 71.4 Å². The van der Waals surface area contributed by atoms with Crippen molar-refractivity contribution in [2.24, 2.45) is 0 Å². The second kappa shape index (κ2) is 6.21. The van der Waals surface area contributed by atoms with Crippen LogP contribution in [0.3, 0.4) is 0 Å². The van der Waals surface area contributed by atoms with Crippen molar-refractivity contribution in [3.8, 4) is 0 Å². The van der Waals surface area contributed by atoms with E-state index in [4.69, 9.17) is 0 Å². The third-order valence-electron chi connectivity index (χ3n) is 5.21. The Bertz CT molecular complexity index is 795. The molecule has 4 rings (SSSR count). The quantitative estimate of drug-likeness (QED) is 0.755. The molecule has 0 spiro atoms. The van der Waals surface area contributed by atoms with Gasteiger partial charge in [0.15, 0.2) is 0 Å². The summed E-state index contributed by atoms with van der Waals surface area (Å²) in [5.41, 5.74) is 5.77. The summed E-state index contributed by atoms with van der Waals surface area (Å²) in [5, 5.41) is 4.94. The van der Waals surface area contributed by atoms with Gasteiger partial charge in [-0.3, -0.25) is 0 Å². The highest BCUT2D eigenvalue weighted by molar-refractivity contribution is 5.86. The second-order valence-corrected chi connectivity index (χ2v) is 6.61. The molecular weight excluding hydrogens is 280 g/mol. The molecule has 0 saturated carbocycles. The van der Waals surface area contributed by atoms with Crippen molar-refractivity contribution in [1.29, 1.82) is 0 Å². The van der Waals surface area contributed by atoms with E-state index in [0.717, 1.165) is 19.6 Å². The molecule has 1 fully saturated rings. The molecule has 23 heavy (non-hydrogen) atoms.